The normalized spacial score (nSPS) is 11.9. The Labute approximate surface area is 749 Å². The van der Waals surface area contributed by atoms with Crippen molar-refractivity contribution in [1.29, 1.82) is 0 Å². The summed E-state index contributed by atoms with van der Waals surface area (Å²) in [7, 11) is 17.8. The molecule has 0 bridgehead atoms. The Morgan fingerprint density at radius 3 is 0.902 bits per heavy atom. The van der Waals surface area contributed by atoms with Gasteiger partial charge in [-0.3, -0.25) is 95.1 Å². The Morgan fingerprint density at radius 2 is 0.617 bits per heavy atom. The summed E-state index contributed by atoms with van der Waals surface area (Å²) in [4.78, 5) is 86.1. The molecule has 0 aliphatic rings. The fourth-order valence-corrected chi connectivity index (χ4v) is 16.5. The Hall–Kier alpha value is -17.1. The van der Waals surface area contributed by atoms with Gasteiger partial charge in [0.15, 0.2) is 46.3 Å². The number of pyridine rings is 8. The number of halogens is 7. The lowest BCUT2D eigenvalue weighted by Gasteiger charge is -2.13. The van der Waals surface area contributed by atoms with Gasteiger partial charge in [0.05, 0.1) is 210 Å². The van der Waals surface area contributed by atoms with Gasteiger partial charge in [0.25, 0.3) is 0 Å². The summed E-state index contributed by atoms with van der Waals surface area (Å²) >= 11 is 0. The molecule has 16 aromatic heterocycles. The first-order valence-corrected chi connectivity index (χ1v) is 39.8. The zero-order chi connectivity index (χ0) is 96.8. The third-order valence-corrected chi connectivity index (χ3v) is 22.5. The molecule has 0 fully saturated rings. The molecular formula is C90H77F7N24O12. The SMILES string of the molecule is COc1cc2ncc3c(c2cc1-c1cn(C)nc1C)n(-c1c(F)cncc1OCF)c(=O)n3C.COc1cc2ncc3c(c2cc1-c1cn(C)nc1F)n(-c1c(F)cncc1OC)c(=O)n3C.COc1cc2ncc3c(c2cc1-c1cnn(C)c1)n(-c1c(F)cncc1OCF)c(=O)n3C.[2H]C([2H])([2H])Oc1cncc(F)c1-n1c(=O)n(C)c2cnc3cc(OC)c(-c4cn(C)nc4C)cc3c21. The van der Waals surface area contributed by atoms with Crippen LogP contribution in [0.15, 0.2) is 173 Å². The van der Waals surface area contributed by atoms with Crippen LogP contribution in [-0.4, -0.2) is 172 Å². The molecule has 0 N–H and O–H groups in total. The Balaban J connectivity index is 0.000000126. The van der Waals surface area contributed by atoms with Crippen LogP contribution in [0.4, 0.5) is 30.7 Å². The fraction of sp³-hybridized carbons (Fsp3) is 0.200. The third-order valence-electron chi connectivity index (χ3n) is 22.5. The van der Waals surface area contributed by atoms with Crippen LogP contribution < -0.4 is 60.7 Å². The van der Waals surface area contributed by atoms with Gasteiger partial charge in [-0.05, 0) is 38.1 Å². The minimum atomic E-state index is -2.89. The summed E-state index contributed by atoms with van der Waals surface area (Å²) in [5.41, 5.74) is 8.84. The van der Waals surface area contributed by atoms with Crippen molar-refractivity contribution >= 4 is 87.7 Å². The monoisotopic (exact) mass is 1820 g/mol. The summed E-state index contributed by atoms with van der Waals surface area (Å²) in [6.07, 6.45) is 23.3. The summed E-state index contributed by atoms with van der Waals surface area (Å²) in [6, 6.07) is 13.9. The van der Waals surface area contributed by atoms with E-state index < -0.39 is 78.5 Å². The molecule has 133 heavy (non-hydrogen) atoms. The van der Waals surface area contributed by atoms with Crippen LogP contribution in [0.2, 0.25) is 0 Å². The number of rotatable bonds is 18. The lowest BCUT2D eigenvalue weighted by Crippen LogP contribution is -2.22. The first-order chi connectivity index (χ1) is 65.1. The van der Waals surface area contributed by atoms with Crippen LogP contribution in [0.5, 0.6) is 46.0 Å². The van der Waals surface area contributed by atoms with Crippen molar-refractivity contribution in [3.63, 3.8) is 0 Å². The van der Waals surface area contributed by atoms with Gasteiger partial charge >= 0.3 is 22.8 Å². The Bertz CT molecular complexity index is 8520. The Kier molecular flexibility index (Phi) is 22.0. The predicted molar refractivity (Wildman–Crippen MR) is 477 cm³/mol. The predicted octanol–water partition coefficient (Wildman–Crippen LogP) is 12.7. The molecule has 36 nitrogen and oxygen atoms in total. The quantitative estimate of drug-likeness (QED) is 0.0720. The average Bonchev–Trinajstić information content (AvgIpc) is 1.58. The minimum absolute atomic E-state index is 0.0828. The molecule has 43 heteroatoms. The summed E-state index contributed by atoms with van der Waals surface area (Å²) in [5.74, 6) is -2.67. The van der Waals surface area contributed by atoms with E-state index in [1.54, 1.807) is 113 Å². The lowest BCUT2D eigenvalue weighted by molar-refractivity contribution is 0.189. The number of aromatic nitrogens is 24. The van der Waals surface area contributed by atoms with E-state index in [9.17, 15) is 41.1 Å². The smallest absolute Gasteiger partial charge is 0.333 e. The van der Waals surface area contributed by atoms with E-state index in [1.165, 1.54) is 99.3 Å². The molecule has 4 aromatic carbocycles. The van der Waals surface area contributed by atoms with E-state index in [4.69, 9.17) is 42.0 Å². The maximum absolute atomic E-state index is 15.2. The molecule has 0 saturated carbocycles. The van der Waals surface area contributed by atoms with Crippen molar-refractivity contribution in [3.8, 4) is 113 Å². The highest BCUT2D eigenvalue weighted by Crippen LogP contribution is 2.45. The Morgan fingerprint density at radius 1 is 0.323 bits per heavy atom. The highest BCUT2D eigenvalue weighted by atomic mass is 19.2. The van der Waals surface area contributed by atoms with Crippen LogP contribution in [-0.2, 0) is 56.4 Å². The molecule has 0 amide bonds. The van der Waals surface area contributed by atoms with Crippen LogP contribution >= 0.6 is 0 Å². The number of aryl methyl sites for hydroxylation is 10. The van der Waals surface area contributed by atoms with Crippen LogP contribution in [0, 0.1) is 43.1 Å². The van der Waals surface area contributed by atoms with Crippen LogP contribution in [0.25, 0.3) is 155 Å². The second kappa shape index (κ2) is 34.9. The van der Waals surface area contributed by atoms with Crippen molar-refractivity contribution < 1.29 is 72.7 Å². The van der Waals surface area contributed by atoms with E-state index in [0.29, 0.717) is 127 Å². The fourth-order valence-electron chi connectivity index (χ4n) is 16.5. The number of benzene rings is 4. The van der Waals surface area contributed by atoms with Gasteiger partial charge in [-0.15, -0.1) is 5.10 Å². The van der Waals surface area contributed by atoms with E-state index in [-0.39, 0.29) is 45.6 Å². The zero-order valence-electron chi connectivity index (χ0n) is 76.1. The number of hydrogen-bond acceptors (Lipinski definition) is 24. The second-order valence-electron chi connectivity index (χ2n) is 30.2. The van der Waals surface area contributed by atoms with E-state index in [0.717, 1.165) is 84.5 Å². The van der Waals surface area contributed by atoms with Crippen molar-refractivity contribution in [2.75, 3.05) is 56.3 Å². The van der Waals surface area contributed by atoms with Crippen molar-refractivity contribution in [2.45, 2.75) is 13.8 Å². The molecule has 0 aliphatic heterocycles. The lowest BCUT2D eigenvalue weighted by atomic mass is 10.0. The van der Waals surface area contributed by atoms with Crippen molar-refractivity contribution in [1.82, 2.24) is 116 Å². The molecular weight excluding hydrogens is 1740 g/mol. The number of fused-ring (bicyclic) bond motifs is 12. The second-order valence-corrected chi connectivity index (χ2v) is 30.2. The summed E-state index contributed by atoms with van der Waals surface area (Å²) < 4.78 is 182. The molecule has 0 radical (unpaired) electrons. The number of methoxy groups -OCH3 is 6. The first kappa shape index (κ1) is 84.1. The maximum atomic E-state index is 15.2. The van der Waals surface area contributed by atoms with Gasteiger partial charge in [-0.25, -0.2) is 45.5 Å². The molecule has 16 heterocycles. The number of imidazole rings is 4. The average molecular weight is 1820 g/mol. The van der Waals surface area contributed by atoms with Gasteiger partial charge < -0.3 is 37.9 Å². The topological polar surface area (TPSA) is 356 Å². The van der Waals surface area contributed by atoms with Gasteiger partial charge in [-0.2, -0.15) is 19.7 Å². The van der Waals surface area contributed by atoms with Gasteiger partial charge in [0, 0.05) is 166 Å². The molecule has 0 unspecified atom stereocenters. The van der Waals surface area contributed by atoms with Gasteiger partial charge in [0.2, 0.25) is 19.7 Å². The van der Waals surface area contributed by atoms with E-state index in [2.05, 4.69) is 60.3 Å². The number of ether oxygens (including phenoxy) is 8. The highest BCUT2D eigenvalue weighted by molar-refractivity contribution is 6.10. The van der Waals surface area contributed by atoms with Crippen molar-refractivity contribution in [2.24, 2.45) is 56.4 Å². The number of hydrogen-bond donors (Lipinski definition) is 0. The van der Waals surface area contributed by atoms with E-state index in [1.807, 2.05) is 51.6 Å². The molecule has 678 valence electrons. The largest absolute Gasteiger partial charge is 0.496 e. The standard InChI is InChI=1S/C23H20F2N6O3.C23H21FN6O3.2C22H18F2N6O3/c1-12-15(10-29(2)28-12)13-5-14-17(6-19(13)33-4)27-8-18-21(14)31(23(32)30(18)3)22-16(25)7-26-9-20(22)34-11-24;1-12-15(11-28(2)27-12)13-6-14-17(7-19(13)32-4)26-9-18-21(14)30(23(31)29(18)3)22-16(24)8-25-10-20(22)33-5;1-28-10-12(6-27-28)13-4-14-16(5-18(13)32-3)26-8-17-20(14)30(22(31)29(17)2)21-15(24)7-25-9-19(21)33-11-23;1-28-10-13(21(24)27-28)11-5-12-15(6-17(11)32-3)26-8-16-19(12)30(22(31)29(16)2)20-14(23)7-25-9-18(20)33-4/h5-10H,11H2,1-4H3;6-11H,1-5H3;4-10H,11H2,1-3H3;5-10H,1-4H3/i;5D3;;. The molecule has 20 rings (SSSR count). The molecule has 20 aromatic rings. The molecule has 0 atom stereocenters. The number of nitrogens with zero attached hydrogens (tertiary/aromatic N) is 24. The summed E-state index contributed by atoms with van der Waals surface area (Å²) in [6.45, 7) is 1.33. The van der Waals surface area contributed by atoms with E-state index >= 15 is 8.78 Å². The highest BCUT2D eigenvalue weighted by Gasteiger charge is 2.31. The van der Waals surface area contributed by atoms with Gasteiger partial charge in [0.1, 0.15) is 45.7 Å². The first-order valence-electron chi connectivity index (χ1n) is 41.3. The van der Waals surface area contributed by atoms with Gasteiger partial charge in [-0.1, -0.05) is 0 Å². The maximum Gasteiger partial charge on any atom is 0.333 e. The zero-order valence-corrected chi connectivity index (χ0v) is 73.1. The third kappa shape index (κ3) is 14.9. The van der Waals surface area contributed by atoms with Crippen LogP contribution in [0.3, 0.4) is 0 Å². The number of alkyl halides is 2. The summed E-state index contributed by atoms with van der Waals surface area (Å²) in [5, 5.41) is 18.9. The van der Waals surface area contributed by atoms with Crippen LogP contribution in [0.1, 0.15) is 15.5 Å². The molecule has 0 spiro atoms. The molecule has 0 aliphatic carbocycles. The van der Waals surface area contributed by atoms with Crippen molar-refractivity contribution in [3.05, 3.63) is 236 Å². The minimum Gasteiger partial charge on any atom is -0.496 e. The molecule has 0 saturated heterocycles.